The lowest BCUT2D eigenvalue weighted by atomic mass is 10.1. The second kappa shape index (κ2) is 8.32. The van der Waals surface area contributed by atoms with Gasteiger partial charge in [-0.3, -0.25) is 9.59 Å². The fraction of sp³-hybridized carbons (Fsp3) is 0.300. The summed E-state index contributed by atoms with van der Waals surface area (Å²) < 4.78 is 44.0. The molecule has 154 valence electrons. The molecular formula is C20H18ClF3N2O3. The van der Waals surface area contributed by atoms with Gasteiger partial charge in [0.15, 0.2) is 0 Å². The smallest absolute Gasteiger partial charge is 0.416 e. The molecule has 2 amide bonds. The topological polar surface area (TPSA) is 58.6 Å². The van der Waals surface area contributed by atoms with Crippen molar-refractivity contribution in [3.05, 3.63) is 53.1 Å². The largest absolute Gasteiger partial charge is 0.494 e. The second-order valence-corrected chi connectivity index (χ2v) is 6.92. The van der Waals surface area contributed by atoms with E-state index in [0.717, 1.165) is 18.2 Å². The van der Waals surface area contributed by atoms with E-state index in [9.17, 15) is 22.8 Å². The van der Waals surface area contributed by atoms with E-state index >= 15 is 0 Å². The molecule has 1 aliphatic rings. The summed E-state index contributed by atoms with van der Waals surface area (Å²) in [6.07, 6.45) is -4.60. The van der Waals surface area contributed by atoms with Crippen molar-refractivity contribution in [3.8, 4) is 5.75 Å². The van der Waals surface area contributed by atoms with Crippen molar-refractivity contribution in [3.63, 3.8) is 0 Å². The summed E-state index contributed by atoms with van der Waals surface area (Å²) in [4.78, 5) is 26.4. The van der Waals surface area contributed by atoms with Gasteiger partial charge in [0, 0.05) is 18.7 Å². The van der Waals surface area contributed by atoms with E-state index in [1.807, 2.05) is 6.92 Å². The molecule has 1 atom stereocenters. The maximum atomic E-state index is 12.9. The quantitative estimate of drug-likeness (QED) is 0.750. The Morgan fingerprint density at radius 2 is 1.93 bits per heavy atom. The Labute approximate surface area is 170 Å². The average molecular weight is 427 g/mol. The predicted octanol–water partition coefficient (Wildman–Crippen LogP) is 4.75. The van der Waals surface area contributed by atoms with Crippen LogP contribution in [-0.4, -0.2) is 25.0 Å². The summed E-state index contributed by atoms with van der Waals surface area (Å²) in [7, 11) is 0. The number of amides is 2. The van der Waals surface area contributed by atoms with Crippen LogP contribution >= 0.6 is 11.6 Å². The fourth-order valence-electron chi connectivity index (χ4n) is 3.05. The van der Waals surface area contributed by atoms with Gasteiger partial charge in [0.25, 0.3) is 0 Å². The number of carbonyl (C=O) groups excluding carboxylic acids is 2. The Balaban J connectivity index is 1.71. The molecule has 0 saturated carbocycles. The van der Waals surface area contributed by atoms with Crippen molar-refractivity contribution in [2.24, 2.45) is 5.92 Å². The maximum absolute atomic E-state index is 12.9. The van der Waals surface area contributed by atoms with Gasteiger partial charge in [-0.1, -0.05) is 11.6 Å². The summed E-state index contributed by atoms with van der Waals surface area (Å²) in [6, 6.07) is 9.57. The van der Waals surface area contributed by atoms with Gasteiger partial charge >= 0.3 is 6.18 Å². The molecule has 1 heterocycles. The molecule has 0 aromatic heterocycles. The number of hydrogen-bond acceptors (Lipinski definition) is 3. The van der Waals surface area contributed by atoms with Crippen LogP contribution in [0.3, 0.4) is 0 Å². The zero-order chi connectivity index (χ0) is 21.2. The third kappa shape index (κ3) is 4.82. The van der Waals surface area contributed by atoms with E-state index in [-0.39, 0.29) is 29.6 Å². The number of nitrogens with zero attached hydrogens (tertiary/aromatic N) is 1. The molecule has 1 saturated heterocycles. The van der Waals surface area contributed by atoms with Crippen LogP contribution < -0.4 is 15.0 Å². The molecule has 0 aliphatic carbocycles. The number of carbonyl (C=O) groups is 2. The van der Waals surface area contributed by atoms with Crippen molar-refractivity contribution < 1.29 is 27.5 Å². The van der Waals surface area contributed by atoms with Gasteiger partial charge in [-0.15, -0.1) is 0 Å². The number of anilines is 2. The first-order valence-corrected chi connectivity index (χ1v) is 9.27. The number of halogens is 4. The molecule has 2 aromatic carbocycles. The number of ether oxygens (including phenoxy) is 1. The highest BCUT2D eigenvalue weighted by atomic mass is 35.5. The zero-order valence-electron chi connectivity index (χ0n) is 15.4. The lowest BCUT2D eigenvalue weighted by Crippen LogP contribution is -2.28. The molecule has 0 spiro atoms. The maximum Gasteiger partial charge on any atom is 0.416 e. The summed E-state index contributed by atoms with van der Waals surface area (Å²) in [6.45, 7) is 2.50. The van der Waals surface area contributed by atoms with Crippen LogP contribution in [0.1, 0.15) is 18.9 Å². The van der Waals surface area contributed by atoms with Crippen LogP contribution in [0.5, 0.6) is 5.75 Å². The molecule has 0 bridgehead atoms. The third-order valence-electron chi connectivity index (χ3n) is 4.51. The highest BCUT2D eigenvalue weighted by molar-refractivity contribution is 6.33. The number of alkyl halides is 3. The first kappa shape index (κ1) is 21.0. The summed E-state index contributed by atoms with van der Waals surface area (Å²) >= 11 is 5.92. The van der Waals surface area contributed by atoms with Gasteiger partial charge in [-0.2, -0.15) is 13.2 Å². The van der Waals surface area contributed by atoms with Crippen LogP contribution in [0.25, 0.3) is 0 Å². The number of benzene rings is 2. The van der Waals surface area contributed by atoms with E-state index < -0.39 is 23.6 Å². The highest BCUT2D eigenvalue weighted by Gasteiger charge is 2.36. The van der Waals surface area contributed by atoms with Crippen molar-refractivity contribution in [2.75, 3.05) is 23.4 Å². The molecule has 29 heavy (non-hydrogen) atoms. The van der Waals surface area contributed by atoms with Gasteiger partial charge in [0.2, 0.25) is 11.8 Å². The molecule has 9 heteroatoms. The van der Waals surface area contributed by atoms with E-state index in [1.165, 1.54) is 4.90 Å². The van der Waals surface area contributed by atoms with Crippen molar-refractivity contribution in [2.45, 2.75) is 19.5 Å². The number of hydrogen-bond donors (Lipinski definition) is 1. The molecule has 5 nitrogen and oxygen atoms in total. The van der Waals surface area contributed by atoms with E-state index in [2.05, 4.69) is 5.32 Å². The summed E-state index contributed by atoms with van der Waals surface area (Å²) in [5.74, 6) is -0.853. The minimum atomic E-state index is -4.56. The third-order valence-corrected chi connectivity index (χ3v) is 4.84. The van der Waals surface area contributed by atoms with Gasteiger partial charge in [-0.05, 0) is 49.4 Å². The molecule has 0 unspecified atom stereocenters. The van der Waals surface area contributed by atoms with Crippen LogP contribution in [0.4, 0.5) is 24.5 Å². The Morgan fingerprint density at radius 3 is 2.55 bits per heavy atom. The summed E-state index contributed by atoms with van der Waals surface area (Å²) in [5.41, 5.74) is -0.444. The zero-order valence-corrected chi connectivity index (χ0v) is 16.2. The Kier molecular flexibility index (Phi) is 6.02. The lowest BCUT2D eigenvalue weighted by Gasteiger charge is -2.17. The predicted molar refractivity (Wildman–Crippen MR) is 103 cm³/mol. The van der Waals surface area contributed by atoms with Crippen LogP contribution in [0.2, 0.25) is 5.02 Å². The van der Waals surface area contributed by atoms with Crippen LogP contribution in [0.15, 0.2) is 42.5 Å². The van der Waals surface area contributed by atoms with Gasteiger partial charge in [0.05, 0.1) is 28.8 Å². The Bertz CT molecular complexity index is 916. The van der Waals surface area contributed by atoms with Crippen molar-refractivity contribution in [1.82, 2.24) is 0 Å². The van der Waals surface area contributed by atoms with Gasteiger partial charge in [0.1, 0.15) is 5.75 Å². The normalized spacial score (nSPS) is 16.8. The SMILES string of the molecule is CCOc1ccc(N2C[C@@H](C(=O)Nc3cc(C(F)(F)F)ccc3Cl)CC2=O)cc1. The molecule has 1 N–H and O–H groups in total. The van der Waals surface area contributed by atoms with Gasteiger partial charge in [-0.25, -0.2) is 0 Å². The first-order valence-electron chi connectivity index (χ1n) is 8.90. The molecule has 3 rings (SSSR count). The molecule has 0 radical (unpaired) electrons. The monoisotopic (exact) mass is 426 g/mol. The Morgan fingerprint density at radius 1 is 1.24 bits per heavy atom. The molecule has 1 aliphatic heterocycles. The van der Waals surface area contributed by atoms with Crippen LogP contribution in [0, 0.1) is 5.92 Å². The fourth-order valence-corrected chi connectivity index (χ4v) is 3.22. The summed E-state index contributed by atoms with van der Waals surface area (Å²) in [5, 5.41) is 2.40. The van der Waals surface area contributed by atoms with Crippen LogP contribution in [-0.2, 0) is 15.8 Å². The molecule has 2 aromatic rings. The second-order valence-electron chi connectivity index (χ2n) is 6.51. The number of nitrogens with one attached hydrogen (secondary N) is 1. The molecular weight excluding hydrogens is 409 g/mol. The molecule has 1 fully saturated rings. The Hall–Kier alpha value is -2.74. The van der Waals surface area contributed by atoms with Gasteiger partial charge < -0.3 is 15.0 Å². The van der Waals surface area contributed by atoms with Crippen molar-refractivity contribution >= 4 is 34.8 Å². The van der Waals surface area contributed by atoms with E-state index in [4.69, 9.17) is 16.3 Å². The number of rotatable bonds is 5. The first-order chi connectivity index (χ1) is 13.7. The minimum absolute atomic E-state index is 0.0148. The van der Waals surface area contributed by atoms with E-state index in [1.54, 1.807) is 24.3 Å². The standard InChI is InChI=1S/C20H18ClF3N2O3/c1-2-29-15-6-4-14(5-7-15)26-11-12(9-18(26)27)19(28)25-17-10-13(20(22,23)24)3-8-16(17)21/h3-8,10,12H,2,9,11H2,1H3,(H,25,28)/t12-/m0/s1. The van der Waals surface area contributed by atoms with Crippen molar-refractivity contribution in [1.29, 1.82) is 0 Å². The average Bonchev–Trinajstić information content (AvgIpc) is 3.05. The van der Waals surface area contributed by atoms with E-state index in [0.29, 0.717) is 18.0 Å². The minimum Gasteiger partial charge on any atom is -0.494 e. The highest BCUT2D eigenvalue weighted by Crippen LogP contribution is 2.34. The lowest BCUT2D eigenvalue weighted by molar-refractivity contribution is -0.137.